The Morgan fingerprint density at radius 1 is 0.673 bits per heavy atom. The molecule has 0 saturated carbocycles. The summed E-state index contributed by atoms with van der Waals surface area (Å²) >= 11 is 0. The Morgan fingerprint density at radius 3 is 1.71 bits per heavy atom. The number of fused-ring (bicyclic) bond motifs is 2. The van der Waals surface area contributed by atoms with Gasteiger partial charge in [-0.25, -0.2) is 6.08 Å². The normalized spacial score (nSPS) is 10.4. The Morgan fingerprint density at radius 2 is 1.22 bits per heavy atom. The number of benzene rings is 5. The van der Waals surface area contributed by atoms with Crippen molar-refractivity contribution in [2.45, 2.75) is 0 Å². The Hall–Kier alpha value is -5.56. The van der Waals surface area contributed by atoms with E-state index >= 15 is 0 Å². The second kappa shape index (κ2) is 16.0. The first-order valence-electron chi connectivity index (χ1n) is 15.2. The van der Waals surface area contributed by atoms with Crippen molar-refractivity contribution in [3.05, 3.63) is 170 Å². The van der Waals surface area contributed by atoms with E-state index in [-0.39, 0.29) is 25.7 Å². The zero-order valence-electron chi connectivity index (χ0n) is 26.7. The molecule has 3 heterocycles. The number of hydrogen-bond donors (Lipinski definition) is 0. The summed E-state index contributed by atoms with van der Waals surface area (Å²) in [4.78, 5) is 13.5. The first kappa shape index (κ1) is 34.8. The van der Waals surface area contributed by atoms with E-state index in [1.54, 1.807) is 30.5 Å². The summed E-state index contributed by atoms with van der Waals surface area (Å²) in [5, 5.41) is 0. The molecule has 0 fully saturated rings. The van der Waals surface area contributed by atoms with E-state index in [4.69, 9.17) is 16.5 Å². The van der Waals surface area contributed by atoms with E-state index in [0.717, 1.165) is 62.5 Å². The predicted octanol–water partition coefficient (Wildman–Crippen LogP) is 9.55. The van der Waals surface area contributed by atoms with E-state index in [2.05, 4.69) is 38.4 Å². The summed E-state index contributed by atoms with van der Waals surface area (Å²) < 4.78 is 30.0. The maximum absolute atomic E-state index is 13.2. The number of para-hydroxylation sites is 4. The van der Waals surface area contributed by atoms with Crippen LogP contribution in [0.5, 0.6) is 0 Å². The Kier molecular flexibility index (Phi) is 11.4. The molecule has 0 bridgehead atoms. The minimum absolute atomic E-state index is 0. The van der Waals surface area contributed by atoms with Crippen LogP contribution in [0.1, 0.15) is 5.56 Å². The van der Waals surface area contributed by atoms with Gasteiger partial charge in [-0.15, -0.1) is 48.5 Å². The molecular weight excluding hydrogens is 793 g/mol. The Labute approximate surface area is 297 Å². The summed E-state index contributed by atoms with van der Waals surface area (Å²) in [6, 6.07) is 45.3. The molecular formula is C41H30F2IrN5. The molecule has 0 spiro atoms. The smallest absolute Gasteiger partial charge is 0.359 e. The minimum Gasteiger partial charge on any atom is -0.359 e. The third-order valence-electron chi connectivity index (χ3n) is 7.62. The topological polar surface area (TPSA) is 48.5 Å². The molecule has 8 aromatic rings. The van der Waals surface area contributed by atoms with Crippen LogP contribution in [0.4, 0.5) is 8.78 Å². The Balaban J connectivity index is 0.000000170. The number of rotatable bonds is 4. The second-order valence-corrected chi connectivity index (χ2v) is 10.8. The maximum atomic E-state index is 13.2. The minimum atomic E-state index is -0.649. The molecule has 0 amide bonds. The molecule has 0 aliphatic heterocycles. The first-order valence-corrected chi connectivity index (χ1v) is 15.2. The van der Waals surface area contributed by atoms with Crippen molar-refractivity contribution in [2.24, 2.45) is 14.1 Å². The van der Waals surface area contributed by atoms with E-state index in [1.807, 2.05) is 99.0 Å². The van der Waals surface area contributed by atoms with Gasteiger partial charge < -0.3 is 14.1 Å². The van der Waals surface area contributed by atoms with E-state index in [1.165, 1.54) is 0 Å². The van der Waals surface area contributed by atoms with E-state index in [0.29, 0.717) is 5.69 Å². The molecule has 0 N–H and O–H groups in total. The number of pyridine rings is 1. The number of aromatic nitrogens is 5. The average Bonchev–Trinajstić information content (AvgIpc) is 3.66. The molecule has 8 rings (SSSR count). The van der Waals surface area contributed by atoms with Crippen molar-refractivity contribution in [3.63, 3.8) is 0 Å². The van der Waals surface area contributed by atoms with E-state index in [9.17, 15) is 8.78 Å². The number of aryl methyl sites for hydroxylation is 2. The summed E-state index contributed by atoms with van der Waals surface area (Å²) in [7, 11) is 4.08. The molecule has 0 atom stereocenters. The molecule has 0 saturated heterocycles. The second-order valence-electron chi connectivity index (χ2n) is 10.8. The molecule has 0 radical (unpaired) electrons. The van der Waals surface area contributed by atoms with E-state index < -0.39 is 11.6 Å². The van der Waals surface area contributed by atoms with Crippen LogP contribution in [0, 0.1) is 30.3 Å². The van der Waals surface area contributed by atoms with Crippen LogP contribution in [0.25, 0.3) is 62.2 Å². The SMILES string of the molecule is Cn1c(-c2[c-]c(-c3nc4ccccc4n3C)ccc2)nc2ccccc21.Fc1c[c-]c(-c2ccccn2)c(F)c1.[CH-]=Cc1ccccc1.[Ir+3]. The monoisotopic (exact) mass is 823 g/mol. The van der Waals surface area contributed by atoms with Crippen LogP contribution in [0.15, 0.2) is 134 Å². The third-order valence-corrected chi connectivity index (χ3v) is 7.62. The molecule has 3 aromatic heterocycles. The van der Waals surface area contributed by atoms with Crippen LogP contribution in [-0.4, -0.2) is 24.1 Å². The fraction of sp³-hybridized carbons (Fsp3) is 0.0488. The fourth-order valence-corrected chi connectivity index (χ4v) is 5.22. The predicted molar refractivity (Wildman–Crippen MR) is 188 cm³/mol. The largest absolute Gasteiger partial charge is 3.00 e. The van der Waals surface area contributed by atoms with Gasteiger partial charge >= 0.3 is 20.1 Å². The maximum Gasteiger partial charge on any atom is 3.00 e. The summed E-state index contributed by atoms with van der Waals surface area (Å²) in [6.07, 6.45) is 3.13. The third kappa shape index (κ3) is 7.95. The van der Waals surface area contributed by atoms with Crippen LogP contribution < -0.4 is 0 Å². The van der Waals surface area contributed by atoms with Gasteiger partial charge in [0.2, 0.25) is 0 Å². The molecule has 242 valence electrons. The quantitative estimate of drug-likeness (QED) is 0.166. The van der Waals surface area contributed by atoms with Crippen molar-refractivity contribution >= 4 is 28.1 Å². The van der Waals surface area contributed by atoms with Crippen molar-refractivity contribution < 1.29 is 28.9 Å². The van der Waals surface area contributed by atoms with Crippen LogP contribution >= 0.6 is 0 Å². The molecule has 8 heteroatoms. The van der Waals surface area contributed by atoms with Gasteiger partial charge in [-0.05, 0) is 36.0 Å². The van der Waals surface area contributed by atoms with Gasteiger partial charge in [0, 0.05) is 31.9 Å². The van der Waals surface area contributed by atoms with Crippen molar-refractivity contribution in [1.82, 2.24) is 24.1 Å². The van der Waals surface area contributed by atoms with Crippen LogP contribution in [0.2, 0.25) is 0 Å². The first-order chi connectivity index (χ1) is 23.4. The van der Waals surface area contributed by atoms with Crippen molar-refractivity contribution in [3.8, 4) is 34.0 Å². The van der Waals surface area contributed by atoms with Crippen molar-refractivity contribution in [1.29, 1.82) is 0 Å². The van der Waals surface area contributed by atoms with Gasteiger partial charge in [-0.1, -0.05) is 77.4 Å². The Bertz CT molecular complexity index is 2220. The summed E-state index contributed by atoms with van der Waals surface area (Å²) in [5.41, 5.74) is 7.84. The fourth-order valence-electron chi connectivity index (χ4n) is 5.22. The number of nitrogens with zero attached hydrogens (tertiary/aromatic N) is 5. The number of halogens is 2. The number of hydrogen-bond acceptors (Lipinski definition) is 3. The number of imidazole rings is 2. The van der Waals surface area contributed by atoms with Crippen LogP contribution in [-0.2, 0) is 34.2 Å². The molecule has 5 aromatic carbocycles. The van der Waals surface area contributed by atoms with Crippen molar-refractivity contribution in [2.75, 3.05) is 0 Å². The van der Waals surface area contributed by atoms with Gasteiger partial charge in [0.25, 0.3) is 0 Å². The molecule has 0 unspecified atom stereocenters. The zero-order chi connectivity index (χ0) is 33.5. The summed E-state index contributed by atoms with van der Waals surface area (Å²) in [5.74, 6) is 0.532. The average molecular weight is 823 g/mol. The van der Waals surface area contributed by atoms with Gasteiger partial charge in [0.15, 0.2) is 0 Å². The molecule has 0 aliphatic rings. The molecule has 0 aliphatic carbocycles. The molecule has 5 nitrogen and oxygen atoms in total. The van der Waals surface area contributed by atoms with Gasteiger partial charge in [-0.3, -0.25) is 25.3 Å². The zero-order valence-corrected chi connectivity index (χ0v) is 29.1. The van der Waals surface area contributed by atoms with Gasteiger partial charge in [0.1, 0.15) is 0 Å². The standard InChI is InChI=1S/C22H17N4.C11H6F2N.C8H7.Ir/c1-25-19-12-5-3-10-17(19)23-21(25)15-8-7-9-16(14-15)22-24-18-11-4-6-13-20(18)26(22)2;12-8-4-5-9(10(13)7-8)11-3-1-2-6-14-11;1-2-8-6-4-3-5-7-8;/h3-13H,1-2H3;1-4,6-7H;1-7H;/q3*-1;+3. The van der Waals surface area contributed by atoms with Gasteiger partial charge in [-0.2, -0.15) is 5.56 Å². The van der Waals surface area contributed by atoms with Gasteiger partial charge in [0.05, 0.1) is 33.7 Å². The van der Waals surface area contributed by atoms with Crippen LogP contribution in [0.3, 0.4) is 0 Å². The molecule has 49 heavy (non-hydrogen) atoms. The summed E-state index contributed by atoms with van der Waals surface area (Å²) in [6.45, 7) is 5.22.